The van der Waals surface area contributed by atoms with E-state index in [1.807, 2.05) is 35.7 Å². The zero-order valence-corrected chi connectivity index (χ0v) is 11.5. The van der Waals surface area contributed by atoms with Gasteiger partial charge in [-0.15, -0.1) is 0 Å². The second kappa shape index (κ2) is 5.35. The molecular formula is C16H13NO2S. The summed E-state index contributed by atoms with van der Waals surface area (Å²) in [6.07, 6.45) is 0. The number of thiophene rings is 1. The maximum absolute atomic E-state index is 11.3. The second-order valence-electron chi connectivity index (χ2n) is 4.50. The normalized spacial score (nSPS) is 10.6. The molecule has 0 atom stereocenters. The van der Waals surface area contributed by atoms with E-state index in [-0.39, 0.29) is 0 Å². The van der Waals surface area contributed by atoms with Gasteiger partial charge in [-0.05, 0) is 39.9 Å². The van der Waals surface area contributed by atoms with Crippen LogP contribution in [0.5, 0.6) is 0 Å². The smallest absolute Gasteiger partial charge is 0.336 e. The molecule has 1 aromatic heterocycles. The van der Waals surface area contributed by atoms with Gasteiger partial charge in [0.25, 0.3) is 0 Å². The molecule has 3 aromatic rings. The van der Waals surface area contributed by atoms with Crippen LogP contribution in [-0.4, -0.2) is 11.1 Å². The molecule has 1 heterocycles. The summed E-state index contributed by atoms with van der Waals surface area (Å²) < 4.78 is 0. The highest BCUT2D eigenvalue weighted by molar-refractivity contribution is 7.07. The van der Waals surface area contributed by atoms with Gasteiger partial charge in [-0.1, -0.05) is 24.3 Å². The van der Waals surface area contributed by atoms with Crippen LogP contribution in [0.25, 0.3) is 10.8 Å². The number of fused-ring (bicyclic) bond motifs is 1. The number of anilines is 1. The summed E-state index contributed by atoms with van der Waals surface area (Å²) in [5.74, 6) is -0.898. The Bertz CT molecular complexity index is 750. The molecule has 2 aromatic carbocycles. The molecule has 0 radical (unpaired) electrons. The van der Waals surface area contributed by atoms with Crippen molar-refractivity contribution in [2.24, 2.45) is 0 Å². The van der Waals surface area contributed by atoms with Crippen LogP contribution in [0.4, 0.5) is 5.69 Å². The summed E-state index contributed by atoms with van der Waals surface area (Å²) in [5, 5.41) is 18.4. The summed E-state index contributed by atoms with van der Waals surface area (Å²) in [5.41, 5.74) is 2.51. The Morgan fingerprint density at radius 2 is 1.90 bits per heavy atom. The number of hydrogen-bond acceptors (Lipinski definition) is 3. The van der Waals surface area contributed by atoms with E-state index in [9.17, 15) is 9.90 Å². The maximum Gasteiger partial charge on any atom is 0.336 e. The van der Waals surface area contributed by atoms with Crippen LogP contribution in [0.3, 0.4) is 0 Å². The van der Waals surface area contributed by atoms with Gasteiger partial charge in [0, 0.05) is 17.6 Å². The third-order valence-corrected chi connectivity index (χ3v) is 3.95. The SMILES string of the molecule is O=C(O)c1ccc(NCc2ccsc2)c2ccccc12. The first-order chi connectivity index (χ1) is 9.75. The first-order valence-corrected chi connectivity index (χ1v) is 7.20. The fraction of sp³-hybridized carbons (Fsp3) is 0.0625. The van der Waals surface area contributed by atoms with E-state index >= 15 is 0 Å². The van der Waals surface area contributed by atoms with Gasteiger partial charge in [-0.2, -0.15) is 11.3 Å². The van der Waals surface area contributed by atoms with Gasteiger partial charge in [0.1, 0.15) is 0 Å². The lowest BCUT2D eigenvalue weighted by atomic mass is 10.0. The molecule has 0 aliphatic heterocycles. The van der Waals surface area contributed by atoms with Crippen LogP contribution < -0.4 is 5.32 Å². The number of carbonyl (C=O) groups is 1. The minimum absolute atomic E-state index is 0.335. The lowest BCUT2D eigenvalue weighted by molar-refractivity contribution is 0.0699. The molecule has 0 aliphatic carbocycles. The largest absolute Gasteiger partial charge is 0.478 e. The van der Waals surface area contributed by atoms with E-state index in [4.69, 9.17) is 0 Å². The minimum atomic E-state index is -0.898. The van der Waals surface area contributed by atoms with Crippen molar-refractivity contribution in [3.8, 4) is 0 Å². The zero-order chi connectivity index (χ0) is 13.9. The third-order valence-electron chi connectivity index (χ3n) is 3.22. The number of nitrogens with one attached hydrogen (secondary N) is 1. The fourth-order valence-corrected chi connectivity index (χ4v) is 2.90. The minimum Gasteiger partial charge on any atom is -0.478 e. The molecule has 0 bridgehead atoms. The van der Waals surface area contributed by atoms with E-state index in [2.05, 4.69) is 16.8 Å². The molecule has 0 unspecified atom stereocenters. The Labute approximate surface area is 120 Å². The molecule has 100 valence electrons. The van der Waals surface area contributed by atoms with Crippen molar-refractivity contribution >= 4 is 33.8 Å². The third kappa shape index (κ3) is 2.38. The van der Waals surface area contributed by atoms with Crippen LogP contribution in [0, 0.1) is 0 Å². The van der Waals surface area contributed by atoms with Gasteiger partial charge in [-0.3, -0.25) is 0 Å². The van der Waals surface area contributed by atoms with E-state index in [0.29, 0.717) is 5.56 Å². The fourth-order valence-electron chi connectivity index (χ4n) is 2.23. The average molecular weight is 283 g/mol. The standard InChI is InChI=1S/C16H13NO2S/c18-16(19)14-5-6-15(13-4-2-1-3-12(13)14)17-9-11-7-8-20-10-11/h1-8,10,17H,9H2,(H,18,19). The second-order valence-corrected chi connectivity index (χ2v) is 5.28. The van der Waals surface area contributed by atoms with Crippen molar-refractivity contribution in [1.82, 2.24) is 0 Å². The number of aromatic carboxylic acids is 1. The topological polar surface area (TPSA) is 49.3 Å². The molecule has 0 spiro atoms. The number of carboxylic acids is 1. The van der Waals surface area contributed by atoms with Crippen molar-refractivity contribution in [2.75, 3.05) is 5.32 Å². The highest BCUT2D eigenvalue weighted by Gasteiger charge is 2.10. The molecule has 3 nitrogen and oxygen atoms in total. The summed E-state index contributed by atoms with van der Waals surface area (Å²) in [4.78, 5) is 11.3. The lowest BCUT2D eigenvalue weighted by Crippen LogP contribution is -2.02. The summed E-state index contributed by atoms with van der Waals surface area (Å²) in [6.45, 7) is 0.736. The summed E-state index contributed by atoms with van der Waals surface area (Å²) in [7, 11) is 0. The molecule has 4 heteroatoms. The summed E-state index contributed by atoms with van der Waals surface area (Å²) >= 11 is 1.67. The predicted octanol–water partition coefficient (Wildman–Crippen LogP) is 4.21. The van der Waals surface area contributed by atoms with E-state index in [1.165, 1.54) is 5.56 Å². The zero-order valence-electron chi connectivity index (χ0n) is 10.7. The molecule has 0 saturated heterocycles. The first kappa shape index (κ1) is 12.7. The average Bonchev–Trinajstić information content (AvgIpc) is 2.97. The Balaban J connectivity index is 1.99. The van der Waals surface area contributed by atoms with Gasteiger partial charge in [0.05, 0.1) is 5.56 Å². The highest BCUT2D eigenvalue weighted by atomic mass is 32.1. The van der Waals surface area contributed by atoms with Crippen molar-refractivity contribution in [3.05, 3.63) is 64.4 Å². The van der Waals surface area contributed by atoms with Crippen LogP contribution in [-0.2, 0) is 6.54 Å². The molecule has 3 rings (SSSR count). The first-order valence-electron chi connectivity index (χ1n) is 6.25. The van der Waals surface area contributed by atoms with Crippen molar-refractivity contribution < 1.29 is 9.90 Å². The Morgan fingerprint density at radius 3 is 2.60 bits per heavy atom. The van der Waals surface area contributed by atoms with Gasteiger partial charge in [0.15, 0.2) is 0 Å². The van der Waals surface area contributed by atoms with Gasteiger partial charge < -0.3 is 10.4 Å². The quantitative estimate of drug-likeness (QED) is 0.754. The van der Waals surface area contributed by atoms with Crippen molar-refractivity contribution in [3.63, 3.8) is 0 Å². The number of benzene rings is 2. The van der Waals surface area contributed by atoms with Gasteiger partial charge in [0.2, 0.25) is 0 Å². The maximum atomic E-state index is 11.3. The number of hydrogen-bond donors (Lipinski definition) is 2. The lowest BCUT2D eigenvalue weighted by Gasteiger charge is -2.11. The molecule has 20 heavy (non-hydrogen) atoms. The molecule has 0 amide bonds. The Kier molecular flexibility index (Phi) is 3.39. The van der Waals surface area contributed by atoms with Gasteiger partial charge in [-0.25, -0.2) is 4.79 Å². The van der Waals surface area contributed by atoms with E-state index < -0.39 is 5.97 Å². The number of rotatable bonds is 4. The summed E-state index contributed by atoms with van der Waals surface area (Å²) in [6, 6.07) is 13.1. The van der Waals surface area contributed by atoms with Crippen LogP contribution in [0.2, 0.25) is 0 Å². The number of carboxylic acid groups (broad SMARTS) is 1. The highest BCUT2D eigenvalue weighted by Crippen LogP contribution is 2.27. The molecule has 0 saturated carbocycles. The molecule has 0 fully saturated rings. The van der Waals surface area contributed by atoms with Crippen LogP contribution in [0.15, 0.2) is 53.2 Å². The van der Waals surface area contributed by atoms with Crippen molar-refractivity contribution in [1.29, 1.82) is 0 Å². The Hall–Kier alpha value is -2.33. The molecular weight excluding hydrogens is 270 g/mol. The van der Waals surface area contributed by atoms with E-state index in [1.54, 1.807) is 17.4 Å². The Morgan fingerprint density at radius 1 is 1.10 bits per heavy atom. The van der Waals surface area contributed by atoms with Gasteiger partial charge >= 0.3 is 5.97 Å². The van der Waals surface area contributed by atoms with Crippen LogP contribution >= 0.6 is 11.3 Å². The van der Waals surface area contributed by atoms with Crippen molar-refractivity contribution in [2.45, 2.75) is 6.54 Å². The van der Waals surface area contributed by atoms with E-state index in [0.717, 1.165) is 23.0 Å². The predicted molar refractivity (Wildman–Crippen MR) is 82.6 cm³/mol. The van der Waals surface area contributed by atoms with Crippen LogP contribution in [0.1, 0.15) is 15.9 Å². The molecule has 2 N–H and O–H groups in total. The monoisotopic (exact) mass is 283 g/mol. The molecule has 0 aliphatic rings.